The molecule has 1 aromatic rings. The van der Waals surface area contributed by atoms with Gasteiger partial charge in [-0.15, -0.1) is 0 Å². The zero-order valence-corrected chi connectivity index (χ0v) is 11.4. The smallest absolute Gasteiger partial charge is 0.307 e. The summed E-state index contributed by atoms with van der Waals surface area (Å²) in [5, 5.41) is 15.0. The minimum absolute atomic E-state index is 0.0380. The Morgan fingerprint density at radius 3 is 2.50 bits per heavy atom. The van der Waals surface area contributed by atoms with Crippen LogP contribution in [0.4, 0.5) is 0 Å². The molecule has 20 heavy (non-hydrogen) atoms. The Kier molecular flexibility index (Phi) is 5.12. The van der Waals surface area contributed by atoms with E-state index in [0.29, 0.717) is 19.6 Å². The number of nitrogens with one attached hydrogen (secondary N) is 2. The molecular formula is C15H20N2O3. The molecule has 5 heteroatoms. The van der Waals surface area contributed by atoms with Crippen LogP contribution in [0.2, 0.25) is 0 Å². The normalized spacial score (nSPS) is 14.0. The molecule has 108 valence electrons. The number of hydrogen-bond donors (Lipinski definition) is 3. The van der Waals surface area contributed by atoms with E-state index in [4.69, 9.17) is 5.11 Å². The number of aliphatic carboxylic acids is 1. The van der Waals surface area contributed by atoms with Crippen molar-refractivity contribution in [3.05, 3.63) is 35.4 Å². The van der Waals surface area contributed by atoms with E-state index in [1.54, 1.807) is 0 Å². The predicted molar refractivity (Wildman–Crippen MR) is 75.2 cm³/mol. The minimum atomic E-state index is -0.825. The molecule has 3 N–H and O–H groups in total. The molecule has 0 saturated heterocycles. The van der Waals surface area contributed by atoms with Crippen LogP contribution in [0.1, 0.15) is 24.0 Å². The van der Waals surface area contributed by atoms with Crippen molar-refractivity contribution in [1.29, 1.82) is 0 Å². The van der Waals surface area contributed by atoms with E-state index < -0.39 is 5.97 Å². The Morgan fingerprint density at radius 1 is 1.15 bits per heavy atom. The average molecular weight is 276 g/mol. The summed E-state index contributed by atoms with van der Waals surface area (Å²) in [5.74, 6) is -0.432. The van der Waals surface area contributed by atoms with Gasteiger partial charge < -0.3 is 15.7 Å². The summed E-state index contributed by atoms with van der Waals surface area (Å²) in [6.45, 7) is 1.90. The third kappa shape index (κ3) is 4.66. The van der Waals surface area contributed by atoms with Crippen LogP contribution < -0.4 is 10.6 Å². The molecule has 1 amide bonds. The van der Waals surface area contributed by atoms with Gasteiger partial charge in [0.1, 0.15) is 0 Å². The maximum absolute atomic E-state index is 11.4. The highest BCUT2D eigenvalue weighted by atomic mass is 16.4. The number of amides is 1. The topological polar surface area (TPSA) is 78.4 Å². The zero-order valence-electron chi connectivity index (χ0n) is 11.4. The van der Waals surface area contributed by atoms with Gasteiger partial charge in [-0.1, -0.05) is 24.3 Å². The summed E-state index contributed by atoms with van der Waals surface area (Å²) in [6.07, 6.45) is 2.07. The maximum atomic E-state index is 11.4. The summed E-state index contributed by atoms with van der Waals surface area (Å²) in [5.41, 5.74) is 1.82. The molecule has 0 atom stereocenters. The highest BCUT2D eigenvalue weighted by Gasteiger charge is 2.28. The standard InChI is InChI=1S/C15H20N2O3/c18-14(19)9-12-3-1-2-4-13(12)10-16-7-8-17-15(20)11-5-6-11/h1-4,11,16H,5-10H2,(H,17,20)(H,18,19). The highest BCUT2D eigenvalue weighted by molar-refractivity contribution is 5.80. The van der Waals surface area contributed by atoms with E-state index in [9.17, 15) is 9.59 Å². The molecule has 1 aromatic carbocycles. The predicted octanol–water partition coefficient (Wildman–Crippen LogP) is 0.929. The Balaban J connectivity index is 1.70. The van der Waals surface area contributed by atoms with Crippen molar-refractivity contribution in [2.24, 2.45) is 5.92 Å². The molecule has 1 saturated carbocycles. The Hall–Kier alpha value is -1.88. The Labute approximate surface area is 118 Å². The molecule has 0 bridgehead atoms. The molecule has 0 aliphatic heterocycles. The lowest BCUT2D eigenvalue weighted by atomic mass is 10.0. The summed E-state index contributed by atoms with van der Waals surface area (Å²) < 4.78 is 0. The minimum Gasteiger partial charge on any atom is -0.481 e. The van der Waals surface area contributed by atoms with Gasteiger partial charge in [0.15, 0.2) is 0 Å². The van der Waals surface area contributed by atoms with E-state index in [2.05, 4.69) is 10.6 Å². The molecular weight excluding hydrogens is 256 g/mol. The number of carbonyl (C=O) groups is 2. The van der Waals surface area contributed by atoms with Crippen LogP contribution >= 0.6 is 0 Å². The summed E-state index contributed by atoms with van der Waals surface area (Å²) >= 11 is 0. The zero-order chi connectivity index (χ0) is 14.4. The first kappa shape index (κ1) is 14.5. The second kappa shape index (κ2) is 7.05. The largest absolute Gasteiger partial charge is 0.481 e. The van der Waals surface area contributed by atoms with E-state index in [-0.39, 0.29) is 18.2 Å². The first-order valence-electron chi connectivity index (χ1n) is 6.94. The lowest BCUT2D eigenvalue weighted by Crippen LogP contribution is -2.32. The van der Waals surface area contributed by atoms with Crippen LogP contribution in [0.25, 0.3) is 0 Å². The number of rotatable bonds is 8. The van der Waals surface area contributed by atoms with Crippen molar-refractivity contribution in [3.63, 3.8) is 0 Å². The molecule has 0 aromatic heterocycles. The molecule has 0 radical (unpaired) electrons. The fourth-order valence-corrected chi connectivity index (χ4v) is 2.05. The number of hydrogen-bond acceptors (Lipinski definition) is 3. The molecule has 2 rings (SSSR count). The van der Waals surface area contributed by atoms with Gasteiger partial charge in [-0.3, -0.25) is 9.59 Å². The highest BCUT2D eigenvalue weighted by Crippen LogP contribution is 2.28. The third-order valence-corrected chi connectivity index (χ3v) is 3.32. The lowest BCUT2D eigenvalue weighted by Gasteiger charge is -2.09. The van der Waals surface area contributed by atoms with Crippen molar-refractivity contribution in [2.75, 3.05) is 13.1 Å². The average Bonchev–Trinajstić information content (AvgIpc) is 3.23. The van der Waals surface area contributed by atoms with Crippen LogP contribution in [0.15, 0.2) is 24.3 Å². The molecule has 1 fully saturated rings. The SMILES string of the molecule is O=C(O)Cc1ccccc1CNCCNC(=O)C1CC1. The number of carbonyl (C=O) groups excluding carboxylic acids is 1. The first-order valence-corrected chi connectivity index (χ1v) is 6.94. The quantitative estimate of drug-likeness (QED) is 0.617. The van der Waals surface area contributed by atoms with Crippen LogP contribution in [-0.2, 0) is 22.6 Å². The number of benzene rings is 1. The van der Waals surface area contributed by atoms with Crippen LogP contribution in [0.5, 0.6) is 0 Å². The second-order valence-corrected chi connectivity index (χ2v) is 5.08. The van der Waals surface area contributed by atoms with Crippen molar-refractivity contribution >= 4 is 11.9 Å². The van der Waals surface area contributed by atoms with Gasteiger partial charge in [0.2, 0.25) is 5.91 Å². The van der Waals surface area contributed by atoms with E-state index in [1.807, 2.05) is 24.3 Å². The van der Waals surface area contributed by atoms with E-state index in [0.717, 1.165) is 24.0 Å². The molecule has 0 heterocycles. The van der Waals surface area contributed by atoms with E-state index >= 15 is 0 Å². The molecule has 0 unspecified atom stereocenters. The van der Waals surface area contributed by atoms with Crippen LogP contribution in [0.3, 0.4) is 0 Å². The van der Waals surface area contributed by atoms with Gasteiger partial charge in [0, 0.05) is 25.6 Å². The Morgan fingerprint density at radius 2 is 1.85 bits per heavy atom. The summed E-state index contributed by atoms with van der Waals surface area (Å²) in [7, 11) is 0. The van der Waals surface area contributed by atoms with Crippen molar-refractivity contribution in [3.8, 4) is 0 Å². The van der Waals surface area contributed by atoms with Crippen LogP contribution in [0, 0.1) is 5.92 Å². The first-order chi connectivity index (χ1) is 9.66. The Bertz CT molecular complexity index is 484. The third-order valence-electron chi connectivity index (χ3n) is 3.32. The summed E-state index contributed by atoms with van der Waals surface area (Å²) in [4.78, 5) is 22.2. The van der Waals surface area contributed by atoms with Gasteiger partial charge in [-0.25, -0.2) is 0 Å². The maximum Gasteiger partial charge on any atom is 0.307 e. The molecule has 5 nitrogen and oxygen atoms in total. The van der Waals surface area contributed by atoms with Gasteiger partial charge in [-0.2, -0.15) is 0 Å². The summed E-state index contributed by atoms with van der Waals surface area (Å²) in [6, 6.07) is 7.50. The molecule has 1 aliphatic rings. The molecule has 0 spiro atoms. The van der Waals surface area contributed by atoms with Gasteiger partial charge >= 0.3 is 5.97 Å². The van der Waals surface area contributed by atoms with Gasteiger partial charge in [-0.05, 0) is 24.0 Å². The van der Waals surface area contributed by atoms with Crippen molar-refractivity contribution < 1.29 is 14.7 Å². The van der Waals surface area contributed by atoms with Crippen molar-refractivity contribution in [2.45, 2.75) is 25.8 Å². The number of carboxylic acids is 1. The van der Waals surface area contributed by atoms with Gasteiger partial charge in [0.25, 0.3) is 0 Å². The van der Waals surface area contributed by atoms with Gasteiger partial charge in [0.05, 0.1) is 6.42 Å². The molecule has 1 aliphatic carbocycles. The fraction of sp³-hybridized carbons (Fsp3) is 0.467. The second-order valence-electron chi connectivity index (χ2n) is 5.08. The monoisotopic (exact) mass is 276 g/mol. The fourth-order valence-electron chi connectivity index (χ4n) is 2.05. The lowest BCUT2D eigenvalue weighted by molar-refractivity contribution is -0.136. The van der Waals surface area contributed by atoms with Crippen molar-refractivity contribution in [1.82, 2.24) is 10.6 Å². The van der Waals surface area contributed by atoms with Crippen LogP contribution in [-0.4, -0.2) is 30.1 Å². The van der Waals surface area contributed by atoms with E-state index in [1.165, 1.54) is 0 Å². The number of carboxylic acid groups (broad SMARTS) is 1.